The van der Waals surface area contributed by atoms with Gasteiger partial charge in [0, 0.05) is 6.04 Å². The second-order valence-electron chi connectivity index (χ2n) is 9.24. The maximum atomic E-state index is 14.6. The van der Waals surface area contributed by atoms with Crippen LogP contribution in [-0.2, 0) is 6.61 Å². The Labute approximate surface area is 201 Å². The van der Waals surface area contributed by atoms with E-state index in [0.29, 0.717) is 23.0 Å². The van der Waals surface area contributed by atoms with Crippen LogP contribution >= 0.6 is 0 Å². The Balaban J connectivity index is 1.44. The molecule has 0 radical (unpaired) electrons. The van der Waals surface area contributed by atoms with E-state index in [1.807, 2.05) is 24.3 Å². The maximum Gasteiger partial charge on any atom is 0.194 e. The van der Waals surface area contributed by atoms with Crippen LogP contribution in [0.3, 0.4) is 0 Å². The largest absolute Gasteiger partial charge is 0.483 e. The molecule has 0 aromatic heterocycles. The van der Waals surface area contributed by atoms with Crippen molar-refractivity contribution in [3.8, 4) is 16.9 Å². The smallest absolute Gasteiger partial charge is 0.194 e. The molecule has 0 aliphatic heterocycles. The van der Waals surface area contributed by atoms with Crippen molar-refractivity contribution in [2.24, 2.45) is 11.7 Å². The van der Waals surface area contributed by atoms with Crippen molar-refractivity contribution in [2.75, 3.05) is 0 Å². The topological polar surface area (TPSA) is 35.2 Å². The molecule has 2 nitrogen and oxygen atoms in total. The van der Waals surface area contributed by atoms with Gasteiger partial charge in [-0.05, 0) is 90.5 Å². The lowest BCUT2D eigenvalue weighted by Gasteiger charge is -2.32. The first kappa shape index (κ1) is 25.2. The minimum Gasteiger partial charge on any atom is -0.483 e. The minimum atomic E-state index is -1.62. The Morgan fingerprint density at radius 2 is 1.37 bits per heavy atom. The van der Waals surface area contributed by atoms with Crippen molar-refractivity contribution >= 4 is 0 Å². The Morgan fingerprint density at radius 1 is 0.800 bits per heavy atom. The van der Waals surface area contributed by atoms with Crippen LogP contribution in [0.1, 0.15) is 56.1 Å². The highest BCUT2D eigenvalue weighted by Crippen LogP contribution is 2.38. The molecule has 1 fully saturated rings. The molecule has 0 saturated heterocycles. The summed E-state index contributed by atoms with van der Waals surface area (Å²) < 4.78 is 74.2. The van der Waals surface area contributed by atoms with Crippen LogP contribution in [0, 0.1) is 35.0 Å². The molecular formula is C28H28F5NO. The fourth-order valence-corrected chi connectivity index (χ4v) is 4.87. The van der Waals surface area contributed by atoms with E-state index < -0.39 is 41.4 Å². The molecule has 186 valence electrons. The third kappa shape index (κ3) is 5.67. The molecule has 0 bridgehead atoms. The first-order chi connectivity index (χ1) is 16.8. The summed E-state index contributed by atoms with van der Waals surface area (Å²) in [6, 6.07) is 11.7. The highest BCUT2D eigenvalue weighted by molar-refractivity contribution is 5.65. The fraction of sp³-hybridized carbons (Fsp3) is 0.357. The van der Waals surface area contributed by atoms with E-state index >= 15 is 0 Å². The molecule has 2 N–H and O–H groups in total. The van der Waals surface area contributed by atoms with Crippen molar-refractivity contribution in [2.45, 2.75) is 57.6 Å². The van der Waals surface area contributed by atoms with Gasteiger partial charge < -0.3 is 10.5 Å². The third-order valence-electron chi connectivity index (χ3n) is 6.99. The van der Waals surface area contributed by atoms with Gasteiger partial charge in [0.2, 0.25) is 0 Å². The van der Waals surface area contributed by atoms with Gasteiger partial charge >= 0.3 is 0 Å². The molecule has 1 aliphatic rings. The molecule has 1 aliphatic carbocycles. The molecule has 0 amide bonds. The average molecular weight is 490 g/mol. The normalized spacial score (nSPS) is 18.9. The Morgan fingerprint density at radius 3 is 1.91 bits per heavy atom. The average Bonchev–Trinajstić information content (AvgIpc) is 2.86. The van der Waals surface area contributed by atoms with Crippen molar-refractivity contribution in [1.82, 2.24) is 0 Å². The van der Waals surface area contributed by atoms with Crippen molar-refractivity contribution in [3.63, 3.8) is 0 Å². The summed E-state index contributed by atoms with van der Waals surface area (Å²) in [4.78, 5) is 0. The van der Waals surface area contributed by atoms with E-state index in [0.717, 1.165) is 56.4 Å². The van der Waals surface area contributed by atoms with E-state index in [9.17, 15) is 22.0 Å². The number of ether oxygens (including phenoxy) is 1. The first-order valence-corrected chi connectivity index (χ1v) is 11.9. The van der Waals surface area contributed by atoms with Gasteiger partial charge in [0.05, 0.1) is 0 Å². The van der Waals surface area contributed by atoms with Crippen molar-refractivity contribution in [3.05, 3.63) is 88.7 Å². The van der Waals surface area contributed by atoms with Crippen LogP contribution in [0.4, 0.5) is 22.0 Å². The molecule has 35 heavy (non-hydrogen) atoms. The predicted octanol–water partition coefficient (Wildman–Crippen LogP) is 7.64. The molecule has 4 rings (SSSR count). The van der Waals surface area contributed by atoms with E-state index in [1.165, 1.54) is 5.56 Å². The standard InChI is InChI=1S/C28H28F5NO/c1-2-26(34)20-9-7-18(8-10-20)17-3-5-19(6-4-17)21-13-24(31)28(25(32)14-21)35-15-16-11-22(29)27(33)23(30)12-16/h3-6,11-14,18,20,26H,2,7-10,15,34H2,1H3. The summed E-state index contributed by atoms with van der Waals surface area (Å²) >= 11 is 0. The summed E-state index contributed by atoms with van der Waals surface area (Å²) in [5.74, 6) is -5.96. The van der Waals surface area contributed by atoms with E-state index in [2.05, 4.69) is 6.92 Å². The zero-order valence-corrected chi connectivity index (χ0v) is 19.5. The van der Waals surface area contributed by atoms with Crippen LogP contribution in [0.25, 0.3) is 11.1 Å². The number of halogens is 5. The van der Waals surface area contributed by atoms with Gasteiger partial charge in [0.15, 0.2) is 34.8 Å². The van der Waals surface area contributed by atoms with E-state index in [1.54, 1.807) is 0 Å². The van der Waals surface area contributed by atoms with Crippen molar-refractivity contribution in [1.29, 1.82) is 0 Å². The second kappa shape index (κ2) is 10.8. The van der Waals surface area contributed by atoms with Gasteiger partial charge in [-0.1, -0.05) is 31.2 Å². The SMILES string of the molecule is CCC(N)C1CCC(c2ccc(-c3cc(F)c(OCc4cc(F)c(F)c(F)c4)c(F)c3)cc2)CC1. The summed E-state index contributed by atoms with van der Waals surface area (Å²) in [5.41, 5.74) is 8.31. The van der Waals surface area contributed by atoms with Crippen LogP contribution in [0.2, 0.25) is 0 Å². The predicted molar refractivity (Wildman–Crippen MR) is 125 cm³/mol. The van der Waals surface area contributed by atoms with Crippen LogP contribution in [-0.4, -0.2) is 6.04 Å². The molecular weight excluding hydrogens is 461 g/mol. The maximum absolute atomic E-state index is 14.6. The third-order valence-corrected chi connectivity index (χ3v) is 6.99. The first-order valence-electron chi connectivity index (χ1n) is 11.9. The van der Waals surface area contributed by atoms with Gasteiger partial charge in [0.25, 0.3) is 0 Å². The van der Waals surface area contributed by atoms with Crippen LogP contribution < -0.4 is 10.5 Å². The van der Waals surface area contributed by atoms with Gasteiger partial charge in [-0.3, -0.25) is 0 Å². The number of hydrogen-bond acceptors (Lipinski definition) is 2. The Kier molecular flexibility index (Phi) is 7.75. The molecule has 1 saturated carbocycles. The molecule has 3 aromatic carbocycles. The Bertz CT molecular complexity index is 1130. The molecule has 0 heterocycles. The van der Waals surface area contributed by atoms with E-state index in [-0.39, 0.29) is 11.6 Å². The summed E-state index contributed by atoms with van der Waals surface area (Å²) in [6.07, 6.45) is 5.36. The highest BCUT2D eigenvalue weighted by Gasteiger charge is 2.25. The number of rotatable bonds is 7. The lowest BCUT2D eigenvalue weighted by Crippen LogP contribution is -2.32. The minimum absolute atomic E-state index is 0.0921. The lowest BCUT2D eigenvalue weighted by molar-refractivity contribution is 0.272. The Hall–Kier alpha value is -2.93. The molecule has 1 atom stereocenters. The number of benzene rings is 3. The van der Waals surface area contributed by atoms with Crippen LogP contribution in [0.5, 0.6) is 5.75 Å². The van der Waals surface area contributed by atoms with E-state index in [4.69, 9.17) is 10.5 Å². The van der Waals surface area contributed by atoms with Crippen molar-refractivity contribution < 1.29 is 26.7 Å². The molecule has 0 spiro atoms. The monoisotopic (exact) mass is 489 g/mol. The second-order valence-corrected chi connectivity index (χ2v) is 9.24. The summed E-state index contributed by atoms with van der Waals surface area (Å²) in [6.45, 7) is 1.59. The van der Waals surface area contributed by atoms with Gasteiger partial charge in [-0.25, -0.2) is 22.0 Å². The van der Waals surface area contributed by atoms with Gasteiger partial charge in [-0.15, -0.1) is 0 Å². The molecule has 7 heteroatoms. The van der Waals surface area contributed by atoms with Crippen LogP contribution in [0.15, 0.2) is 48.5 Å². The summed E-state index contributed by atoms with van der Waals surface area (Å²) in [7, 11) is 0. The highest BCUT2D eigenvalue weighted by atomic mass is 19.2. The molecule has 1 unspecified atom stereocenters. The quantitative estimate of drug-likeness (QED) is 0.273. The zero-order chi connectivity index (χ0) is 25.1. The molecule has 3 aromatic rings. The number of nitrogens with two attached hydrogens (primary N) is 1. The lowest BCUT2D eigenvalue weighted by atomic mass is 9.75. The van der Waals surface area contributed by atoms with Gasteiger partial charge in [0.1, 0.15) is 6.61 Å². The van der Waals surface area contributed by atoms with Gasteiger partial charge in [-0.2, -0.15) is 0 Å². The summed E-state index contributed by atoms with van der Waals surface area (Å²) in [5, 5.41) is 0. The fourth-order valence-electron chi connectivity index (χ4n) is 4.87. The number of hydrogen-bond donors (Lipinski definition) is 1. The zero-order valence-electron chi connectivity index (χ0n) is 19.5.